The third-order valence-corrected chi connectivity index (χ3v) is 3.17. The first kappa shape index (κ1) is 15.3. The summed E-state index contributed by atoms with van der Waals surface area (Å²) in [7, 11) is 0. The molecule has 21 heavy (non-hydrogen) atoms. The molecule has 1 aliphatic rings. The molecular weight excluding hydrogens is 290 g/mol. The van der Waals surface area contributed by atoms with E-state index >= 15 is 0 Å². The van der Waals surface area contributed by atoms with Crippen LogP contribution in [0.1, 0.15) is 19.8 Å². The van der Waals surface area contributed by atoms with Gasteiger partial charge in [0.25, 0.3) is 0 Å². The highest BCUT2D eigenvalue weighted by Gasteiger charge is 2.20. The van der Waals surface area contributed by atoms with Crippen LogP contribution in [0, 0.1) is 10.8 Å². The number of aliphatic imine (C=N–C) groups is 1. The number of hydrogen-bond acceptors (Lipinski definition) is 5. The SMILES string of the molecule is CCCOC1=CC(=Nc2ccc(O)c(Cl)c2)C(=N)CC1=N. The molecule has 0 heterocycles. The van der Waals surface area contributed by atoms with Crippen molar-refractivity contribution in [1.29, 1.82) is 10.8 Å². The maximum Gasteiger partial charge on any atom is 0.142 e. The van der Waals surface area contributed by atoms with Crippen LogP contribution in [0.5, 0.6) is 5.75 Å². The molecule has 1 aliphatic carbocycles. The van der Waals surface area contributed by atoms with Gasteiger partial charge in [0.05, 0.1) is 34.5 Å². The Morgan fingerprint density at radius 2 is 2.10 bits per heavy atom. The zero-order valence-corrected chi connectivity index (χ0v) is 12.4. The Kier molecular flexibility index (Phi) is 4.75. The molecule has 6 heteroatoms. The number of phenols is 1. The minimum Gasteiger partial charge on any atom is -0.506 e. The monoisotopic (exact) mass is 305 g/mol. The highest BCUT2D eigenvalue weighted by molar-refractivity contribution is 6.51. The summed E-state index contributed by atoms with van der Waals surface area (Å²) in [6, 6.07) is 4.59. The molecule has 0 bridgehead atoms. The first-order valence-corrected chi connectivity index (χ1v) is 6.96. The largest absolute Gasteiger partial charge is 0.506 e. The molecule has 0 saturated carbocycles. The van der Waals surface area contributed by atoms with Gasteiger partial charge >= 0.3 is 0 Å². The summed E-state index contributed by atoms with van der Waals surface area (Å²) in [5.41, 5.74) is 1.53. The Hall–Kier alpha value is -2.14. The summed E-state index contributed by atoms with van der Waals surface area (Å²) in [5.74, 6) is 0.445. The van der Waals surface area contributed by atoms with E-state index in [0.29, 0.717) is 23.8 Å². The molecule has 0 atom stereocenters. The van der Waals surface area contributed by atoms with Gasteiger partial charge in [-0.2, -0.15) is 0 Å². The lowest BCUT2D eigenvalue weighted by Crippen LogP contribution is -2.24. The number of halogens is 1. The summed E-state index contributed by atoms with van der Waals surface area (Å²) < 4.78 is 5.50. The first-order chi connectivity index (χ1) is 10.0. The van der Waals surface area contributed by atoms with Crippen molar-refractivity contribution >= 4 is 34.4 Å². The van der Waals surface area contributed by atoms with E-state index in [-0.39, 0.29) is 28.6 Å². The number of hydrogen-bond donors (Lipinski definition) is 3. The lowest BCUT2D eigenvalue weighted by molar-refractivity contribution is 0.231. The van der Waals surface area contributed by atoms with Gasteiger partial charge in [0.2, 0.25) is 0 Å². The Morgan fingerprint density at radius 3 is 2.76 bits per heavy atom. The second-order valence-electron chi connectivity index (χ2n) is 4.62. The third kappa shape index (κ3) is 3.70. The van der Waals surface area contributed by atoms with Crippen LogP contribution < -0.4 is 0 Å². The number of nitrogens with one attached hydrogen (secondary N) is 2. The third-order valence-electron chi connectivity index (χ3n) is 2.87. The molecule has 3 N–H and O–H groups in total. The molecule has 0 radical (unpaired) electrons. The zero-order valence-electron chi connectivity index (χ0n) is 11.6. The van der Waals surface area contributed by atoms with E-state index < -0.39 is 0 Å². The molecule has 1 aromatic rings. The van der Waals surface area contributed by atoms with Gasteiger partial charge in [-0.3, -0.25) is 0 Å². The van der Waals surface area contributed by atoms with Crippen molar-refractivity contribution in [2.45, 2.75) is 19.8 Å². The standard InChI is InChI=1S/C15H16ClN3O2/c1-2-5-21-15-8-13(11(17)7-12(15)18)19-9-3-4-14(20)10(16)6-9/h3-4,6,8,17-18,20H,2,5,7H2,1H3. The summed E-state index contributed by atoms with van der Waals surface area (Å²) in [6.45, 7) is 2.52. The van der Waals surface area contributed by atoms with Gasteiger partial charge in [0.15, 0.2) is 0 Å². The first-order valence-electron chi connectivity index (χ1n) is 6.58. The second kappa shape index (κ2) is 6.54. The summed E-state index contributed by atoms with van der Waals surface area (Å²) in [6.07, 6.45) is 2.65. The normalized spacial score (nSPS) is 17.0. The Labute approximate surface area is 127 Å². The Bertz CT molecular complexity index is 650. The van der Waals surface area contributed by atoms with Crippen molar-refractivity contribution in [3.05, 3.63) is 35.1 Å². The van der Waals surface area contributed by atoms with Crippen LogP contribution in [-0.4, -0.2) is 28.8 Å². The predicted molar refractivity (Wildman–Crippen MR) is 84.6 cm³/mol. The van der Waals surface area contributed by atoms with Gasteiger partial charge in [0, 0.05) is 12.5 Å². The van der Waals surface area contributed by atoms with Crippen molar-refractivity contribution in [1.82, 2.24) is 0 Å². The van der Waals surface area contributed by atoms with Crippen molar-refractivity contribution in [2.24, 2.45) is 4.99 Å². The molecule has 0 aromatic heterocycles. The fourth-order valence-corrected chi connectivity index (χ4v) is 1.97. The second-order valence-corrected chi connectivity index (χ2v) is 5.03. The van der Waals surface area contributed by atoms with Crippen LogP contribution in [0.3, 0.4) is 0 Å². The van der Waals surface area contributed by atoms with Crippen molar-refractivity contribution in [3.8, 4) is 5.75 Å². The van der Waals surface area contributed by atoms with Gasteiger partial charge in [0.1, 0.15) is 11.5 Å². The fourth-order valence-electron chi connectivity index (χ4n) is 1.80. The van der Waals surface area contributed by atoms with E-state index in [1.807, 2.05) is 6.92 Å². The van der Waals surface area contributed by atoms with Crippen molar-refractivity contribution in [2.75, 3.05) is 6.61 Å². The number of allylic oxidation sites excluding steroid dienone is 2. The topological polar surface area (TPSA) is 89.5 Å². The highest BCUT2D eigenvalue weighted by Crippen LogP contribution is 2.28. The lowest BCUT2D eigenvalue weighted by atomic mass is 10.00. The number of benzene rings is 1. The fraction of sp³-hybridized carbons (Fsp3) is 0.267. The van der Waals surface area contributed by atoms with Crippen molar-refractivity contribution in [3.63, 3.8) is 0 Å². The molecule has 0 aliphatic heterocycles. The molecule has 0 amide bonds. The number of nitrogens with zero attached hydrogens (tertiary/aromatic N) is 1. The number of ether oxygens (including phenoxy) is 1. The van der Waals surface area contributed by atoms with Crippen molar-refractivity contribution < 1.29 is 9.84 Å². The molecule has 2 rings (SSSR count). The molecule has 0 spiro atoms. The summed E-state index contributed by atoms with van der Waals surface area (Å²) in [4.78, 5) is 4.34. The van der Waals surface area contributed by atoms with E-state index in [2.05, 4.69) is 4.99 Å². The van der Waals surface area contributed by atoms with E-state index in [0.717, 1.165) is 6.42 Å². The van der Waals surface area contributed by atoms with E-state index in [4.69, 9.17) is 27.2 Å². The molecule has 110 valence electrons. The Morgan fingerprint density at radius 1 is 1.33 bits per heavy atom. The zero-order chi connectivity index (χ0) is 15.4. The van der Waals surface area contributed by atoms with E-state index in [9.17, 15) is 5.11 Å². The van der Waals surface area contributed by atoms with Gasteiger partial charge in [-0.1, -0.05) is 18.5 Å². The van der Waals surface area contributed by atoms with Crippen LogP contribution in [-0.2, 0) is 4.74 Å². The highest BCUT2D eigenvalue weighted by atomic mass is 35.5. The molecule has 5 nitrogen and oxygen atoms in total. The maximum atomic E-state index is 9.39. The number of rotatable bonds is 4. The van der Waals surface area contributed by atoms with Gasteiger partial charge in [-0.25, -0.2) is 4.99 Å². The van der Waals surface area contributed by atoms with Gasteiger partial charge < -0.3 is 20.7 Å². The minimum absolute atomic E-state index is 0.0105. The molecule has 1 aromatic carbocycles. The van der Waals surface area contributed by atoms with Crippen LogP contribution >= 0.6 is 11.6 Å². The van der Waals surface area contributed by atoms with Gasteiger partial charge in [-0.05, 0) is 24.6 Å². The quantitative estimate of drug-likeness (QED) is 0.788. The van der Waals surface area contributed by atoms with Crippen LogP contribution in [0.25, 0.3) is 0 Å². The number of phenolic OH excluding ortho intramolecular Hbond substituents is 1. The average Bonchev–Trinajstić information content (AvgIpc) is 2.44. The Balaban J connectivity index is 2.33. The summed E-state index contributed by atoms with van der Waals surface area (Å²) >= 11 is 5.84. The summed E-state index contributed by atoms with van der Waals surface area (Å²) in [5, 5.41) is 25.4. The predicted octanol–water partition coefficient (Wildman–Crippen LogP) is 3.87. The maximum absolute atomic E-state index is 9.39. The number of aromatic hydroxyl groups is 1. The van der Waals surface area contributed by atoms with Crippen LogP contribution in [0.2, 0.25) is 5.02 Å². The molecule has 0 fully saturated rings. The minimum atomic E-state index is -0.0105. The van der Waals surface area contributed by atoms with E-state index in [1.54, 1.807) is 12.1 Å². The molecule has 0 saturated heterocycles. The van der Waals surface area contributed by atoms with E-state index in [1.165, 1.54) is 12.1 Å². The lowest BCUT2D eigenvalue weighted by Gasteiger charge is -2.17. The van der Waals surface area contributed by atoms with Crippen LogP contribution in [0.15, 0.2) is 35.0 Å². The molecule has 0 unspecified atom stereocenters. The smallest absolute Gasteiger partial charge is 0.142 e. The van der Waals surface area contributed by atoms with Gasteiger partial charge in [-0.15, -0.1) is 0 Å². The average molecular weight is 306 g/mol. The molecular formula is C15H16ClN3O2. The van der Waals surface area contributed by atoms with Crippen LogP contribution in [0.4, 0.5) is 5.69 Å².